The number of amidine groups is 1. The predicted molar refractivity (Wildman–Crippen MR) is 75.2 cm³/mol. The molecular formula is C15H22N2O2. The van der Waals surface area contributed by atoms with Crippen LogP contribution in [0.5, 0.6) is 0 Å². The maximum absolute atomic E-state index is 8.59. The quantitative estimate of drug-likeness (QED) is 0.379. The van der Waals surface area contributed by atoms with Crippen LogP contribution < -0.4 is 5.73 Å². The second-order valence-corrected chi connectivity index (χ2v) is 5.39. The molecule has 4 heteroatoms. The standard InChI is InChI=1S/C15H22N2O2/c1-11-3-2-4-14(9-11)19-10-12-5-7-13(8-6-12)15(16)17-18/h5-8,11,14,18H,2-4,9-10H2,1H3,(H2,16,17). The fourth-order valence-electron chi connectivity index (χ4n) is 2.57. The van der Waals surface area contributed by atoms with Gasteiger partial charge < -0.3 is 15.7 Å². The zero-order valence-corrected chi connectivity index (χ0v) is 11.4. The van der Waals surface area contributed by atoms with Crippen LogP contribution in [0.2, 0.25) is 0 Å². The van der Waals surface area contributed by atoms with Crippen molar-refractivity contribution < 1.29 is 9.94 Å². The van der Waals surface area contributed by atoms with E-state index in [0.29, 0.717) is 12.7 Å². The summed E-state index contributed by atoms with van der Waals surface area (Å²) in [6.07, 6.45) is 5.34. The number of ether oxygens (including phenoxy) is 1. The first-order valence-electron chi connectivity index (χ1n) is 6.87. The first-order chi connectivity index (χ1) is 9.19. The summed E-state index contributed by atoms with van der Waals surface area (Å²) in [6.45, 7) is 2.93. The molecule has 0 aliphatic heterocycles. The molecule has 0 amide bonds. The van der Waals surface area contributed by atoms with Crippen molar-refractivity contribution in [3.8, 4) is 0 Å². The molecule has 2 atom stereocenters. The minimum atomic E-state index is 0.133. The fraction of sp³-hybridized carbons (Fsp3) is 0.533. The predicted octanol–water partition coefficient (Wildman–Crippen LogP) is 2.88. The van der Waals surface area contributed by atoms with E-state index < -0.39 is 0 Å². The van der Waals surface area contributed by atoms with E-state index in [-0.39, 0.29) is 5.84 Å². The molecule has 19 heavy (non-hydrogen) atoms. The summed E-state index contributed by atoms with van der Waals surface area (Å²) in [6, 6.07) is 7.60. The largest absolute Gasteiger partial charge is 0.409 e. The molecule has 0 saturated heterocycles. The van der Waals surface area contributed by atoms with Crippen LogP contribution in [0.1, 0.15) is 43.7 Å². The molecule has 1 aromatic carbocycles. The van der Waals surface area contributed by atoms with Crippen LogP contribution in [0.4, 0.5) is 0 Å². The number of rotatable bonds is 4. The van der Waals surface area contributed by atoms with Gasteiger partial charge >= 0.3 is 0 Å². The molecular weight excluding hydrogens is 240 g/mol. The highest BCUT2D eigenvalue weighted by molar-refractivity contribution is 5.96. The highest BCUT2D eigenvalue weighted by Crippen LogP contribution is 2.26. The Morgan fingerprint density at radius 1 is 1.37 bits per heavy atom. The van der Waals surface area contributed by atoms with Crippen molar-refractivity contribution in [2.75, 3.05) is 0 Å². The Morgan fingerprint density at radius 3 is 2.74 bits per heavy atom. The minimum absolute atomic E-state index is 0.133. The Balaban J connectivity index is 1.86. The zero-order valence-electron chi connectivity index (χ0n) is 11.4. The third kappa shape index (κ3) is 3.96. The van der Waals surface area contributed by atoms with Crippen molar-refractivity contribution in [1.29, 1.82) is 0 Å². The Kier molecular flexibility index (Phi) is 4.80. The number of benzene rings is 1. The van der Waals surface area contributed by atoms with Crippen LogP contribution in [0.15, 0.2) is 29.4 Å². The molecule has 1 aromatic rings. The first kappa shape index (κ1) is 13.9. The summed E-state index contributed by atoms with van der Waals surface area (Å²) in [5.41, 5.74) is 7.36. The Labute approximate surface area is 114 Å². The van der Waals surface area contributed by atoms with Gasteiger partial charge in [-0.15, -0.1) is 0 Å². The van der Waals surface area contributed by atoms with Crippen LogP contribution in [0.3, 0.4) is 0 Å². The van der Waals surface area contributed by atoms with Crippen LogP contribution in [0.25, 0.3) is 0 Å². The molecule has 0 aromatic heterocycles. The average molecular weight is 262 g/mol. The van der Waals surface area contributed by atoms with Crippen LogP contribution in [-0.2, 0) is 11.3 Å². The van der Waals surface area contributed by atoms with E-state index in [0.717, 1.165) is 17.0 Å². The molecule has 2 rings (SSSR count). The third-order valence-corrected chi connectivity index (χ3v) is 3.73. The lowest BCUT2D eigenvalue weighted by atomic mass is 9.89. The van der Waals surface area contributed by atoms with E-state index in [1.165, 1.54) is 25.7 Å². The van der Waals surface area contributed by atoms with Gasteiger partial charge in [-0.05, 0) is 24.3 Å². The topological polar surface area (TPSA) is 67.8 Å². The molecule has 1 fully saturated rings. The minimum Gasteiger partial charge on any atom is -0.409 e. The smallest absolute Gasteiger partial charge is 0.170 e. The lowest BCUT2D eigenvalue weighted by Crippen LogP contribution is -2.21. The van der Waals surface area contributed by atoms with E-state index in [2.05, 4.69) is 12.1 Å². The van der Waals surface area contributed by atoms with Crippen LogP contribution in [0, 0.1) is 5.92 Å². The van der Waals surface area contributed by atoms with Gasteiger partial charge in [-0.3, -0.25) is 0 Å². The molecule has 1 aliphatic rings. The molecule has 1 saturated carbocycles. The molecule has 4 nitrogen and oxygen atoms in total. The van der Waals surface area contributed by atoms with Crippen molar-refractivity contribution in [3.63, 3.8) is 0 Å². The molecule has 2 unspecified atom stereocenters. The monoisotopic (exact) mass is 262 g/mol. The van der Waals surface area contributed by atoms with Crippen molar-refractivity contribution in [3.05, 3.63) is 35.4 Å². The van der Waals surface area contributed by atoms with Gasteiger partial charge in [0.25, 0.3) is 0 Å². The summed E-state index contributed by atoms with van der Waals surface area (Å²) in [5.74, 6) is 0.912. The number of nitrogens with zero attached hydrogens (tertiary/aromatic N) is 1. The Bertz CT molecular complexity index is 428. The van der Waals surface area contributed by atoms with Gasteiger partial charge in [0.05, 0.1) is 12.7 Å². The van der Waals surface area contributed by atoms with Crippen LogP contribution in [-0.4, -0.2) is 17.1 Å². The van der Waals surface area contributed by atoms with E-state index in [4.69, 9.17) is 15.7 Å². The summed E-state index contributed by atoms with van der Waals surface area (Å²) in [4.78, 5) is 0. The van der Waals surface area contributed by atoms with Crippen molar-refractivity contribution in [2.24, 2.45) is 16.8 Å². The average Bonchev–Trinajstić information content (AvgIpc) is 2.45. The second kappa shape index (κ2) is 6.57. The molecule has 0 bridgehead atoms. The normalized spacial score (nSPS) is 24.4. The number of hydrogen-bond acceptors (Lipinski definition) is 3. The van der Waals surface area contributed by atoms with E-state index in [1.54, 1.807) is 0 Å². The van der Waals surface area contributed by atoms with E-state index in [1.807, 2.05) is 24.3 Å². The van der Waals surface area contributed by atoms with Gasteiger partial charge in [0.1, 0.15) is 0 Å². The van der Waals surface area contributed by atoms with E-state index >= 15 is 0 Å². The van der Waals surface area contributed by atoms with Gasteiger partial charge in [0.2, 0.25) is 0 Å². The first-order valence-corrected chi connectivity index (χ1v) is 6.87. The Morgan fingerprint density at radius 2 is 2.11 bits per heavy atom. The molecule has 0 heterocycles. The number of hydrogen-bond donors (Lipinski definition) is 2. The second-order valence-electron chi connectivity index (χ2n) is 5.39. The number of oxime groups is 1. The maximum Gasteiger partial charge on any atom is 0.170 e. The third-order valence-electron chi connectivity index (χ3n) is 3.73. The lowest BCUT2D eigenvalue weighted by Gasteiger charge is -2.26. The molecule has 104 valence electrons. The summed E-state index contributed by atoms with van der Waals surface area (Å²) >= 11 is 0. The molecule has 0 radical (unpaired) electrons. The van der Waals surface area contributed by atoms with Gasteiger partial charge in [-0.25, -0.2) is 0 Å². The lowest BCUT2D eigenvalue weighted by molar-refractivity contribution is 0.00467. The van der Waals surface area contributed by atoms with Crippen molar-refractivity contribution >= 4 is 5.84 Å². The zero-order chi connectivity index (χ0) is 13.7. The van der Waals surface area contributed by atoms with Gasteiger partial charge in [-0.2, -0.15) is 0 Å². The fourth-order valence-corrected chi connectivity index (χ4v) is 2.57. The molecule has 1 aliphatic carbocycles. The van der Waals surface area contributed by atoms with Gasteiger partial charge in [-0.1, -0.05) is 49.2 Å². The summed E-state index contributed by atoms with van der Waals surface area (Å²) in [7, 11) is 0. The highest BCUT2D eigenvalue weighted by atomic mass is 16.5. The van der Waals surface area contributed by atoms with E-state index in [9.17, 15) is 0 Å². The molecule has 3 N–H and O–H groups in total. The number of nitrogens with two attached hydrogens (primary N) is 1. The van der Waals surface area contributed by atoms with Crippen molar-refractivity contribution in [2.45, 2.75) is 45.3 Å². The molecule has 0 spiro atoms. The SMILES string of the molecule is CC1CCCC(OCc2ccc(/C(N)=N/O)cc2)C1. The van der Waals surface area contributed by atoms with Crippen LogP contribution >= 0.6 is 0 Å². The summed E-state index contributed by atoms with van der Waals surface area (Å²) in [5, 5.41) is 11.6. The highest BCUT2D eigenvalue weighted by Gasteiger charge is 2.19. The maximum atomic E-state index is 8.59. The van der Waals surface area contributed by atoms with Crippen molar-refractivity contribution in [1.82, 2.24) is 0 Å². The van der Waals surface area contributed by atoms with Gasteiger partial charge in [0.15, 0.2) is 5.84 Å². The summed E-state index contributed by atoms with van der Waals surface area (Å²) < 4.78 is 5.96. The Hall–Kier alpha value is -1.55. The van der Waals surface area contributed by atoms with Gasteiger partial charge in [0, 0.05) is 5.56 Å².